The highest BCUT2D eigenvalue weighted by Crippen LogP contribution is 2.23. The first kappa shape index (κ1) is 24.9. The topological polar surface area (TPSA) is 49.4 Å². The molecule has 1 N–H and O–H groups in total. The molecule has 0 bridgehead atoms. The van der Waals surface area contributed by atoms with Gasteiger partial charge in [-0.2, -0.15) is 0 Å². The van der Waals surface area contributed by atoms with E-state index in [-0.39, 0.29) is 17.6 Å². The summed E-state index contributed by atoms with van der Waals surface area (Å²) in [5.41, 5.74) is 3.14. The van der Waals surface area contributed by atoms with E-state index in [0.29, 0.717) is 24.5 Å². The largest absolute Gasteiger partial charge is 0.355 e. The van der Waals surface area contributed by atoms with Gasteiger partial charge in [-0.15, -0.1) is 11.8 Å². The van der Waals surface area contributed by atoms with Gasteiger partial charge in [0.15, 0.2) is 0 Å². The summed E-state index contributed by atoms with van der Waals surface area (Å²) in [5.74, 6) is 0.0144. The molecule has 33 heavy (non-hydrogen) atoms. The number of likely N-dealkylation sites (N-methyl/N-ethyl adjacent to an activating group) is 1. The van der Waals surface area contributed by atoms with Crippen LogP contribution in [0.1, 0.15) is 23.6 Å². The van der Waals surface area contributed by atoms with Crippen molar-refractivity contribution in [2.75, 3.05) is 12.3 Å². The lowest BCUT2D eigenvalue weighted by Crippen LogP contribution is -2.51. The highest BCUT2D eigenvalue weighted by Gasteiger charge is 2.30. The first-order chi connectivity index (χ1) is 16.0. The first-order valence-electron chi connectivity index (χ1n) is 11.0. The molecule has 0 aromatic heterocycles. The van der Waals surface area contributed by atoms with Gasteiger partial charge in [-0.05, 0) is 49.2 Å². The molecule has 0 unspecified atom stereocenters. The van der Waals surface area contributed by atoms with E-state index < -0.39 is 6.04 Å². The molecule has 3 aromatic rings. The first-order valence-corrected chi connectivity index (χ1v) is 12.4. The molecule has 0 fully saturated rings. The Balaban J connectivity index is 1.88. The molecule has 0 aliphatic rings. The number of thioether (sulfide) groups is 1. The van der Waals surface area contributed by atoms with Crippen LogP contribution >= 0.6 is 23.4 Å². The fourth-order valence-corrected chi connectivity index (χ4v) is 4.52. The molecule has 0 spiro atoms. The number of carbonyl (C=O) groups is 2. The van der Waals surface area contributed by atoms with Crippen molar-refractivity contribution in [1.29, 1.82) is 0 Å². The molecule has 2 amide bonds. The second kappa shape index (κ2) is 12.5. The molecule has 0 heterocycles. The minimum atomic E-state index is -0.605. The van der Waals surface area contributed by atoms with Gasteiger partial charge in [0.05, 0.1) is 5.75 Å². The van der Waals surface area contributed by atoms with Gasteiger partial charge in [-0.3, -0.25) is 9.59 Å². The lowest BCUT2D eigenvalue weighted by atomic mass is 10.0. The molecule has 0 saturated carbocycles. The maximum absolute atomic E-state index is 13.5. The lowest BCUT2D eigenvalue weighted by molar-refractivity contribution is -0.139. The van der Waals surface area contributed by atoms with Crippen molar-refractivity contribution >= 4 is 35.2 Å². The fraction of sp³-hybridized carbons (Fsp3) is 0.259. The zero-order valence-corrected chi connectivity index (χ0v) is 20.5. The second-order valence-corrected chi connectivity index (χ2v) is 9.34. The molecule has 1 atom stereocenters. The van der Waals surface area contributed by atoms with Gasteiger partial charge in [0, 0.05) is 29.4 Å². The van der Waals surface area contributed by atoms with E-state index >= 15 is 0 Å². The molecule has 0 saturated heterocycles. The molecule has 0 aliphatic heterocycles. The summed E-state index contributed by atoms with van der Waals surface area (Å²) in [4.78, 5) is 29.3. The monoisotopic (exact) mass is 480 g/mol. The third kappa shape index (κ3) is 7.65. The molecular weight excluding hydrogens is 452 g/mol. The van der Waals surface area contributed by atoms with Crippen LogP contribution in [0.25, 0.3) is 0 Å². The third-order valence-corrected chi connectivity index (χ3v) is 6.48. The molecule has 3 rings (SSSR count). The van der Waals surface area contributed by atoms with Gasteiger partial charge >= 0.3 is 0 Å². The summed E-state index contributed by atoms with van der Waals surface area (Å²) < 4.78 is 0. The van der Waals surface area contributed by atoms with E-state index in [4.69, 9.17) is 11.6 Å². The maximum Gasteiger partial charge on any atom is 0.243 e. The van der Waals surface area contributed by atoms with Crippen LogP contribution in [0.3, 0.4) is 0 Å². The Hall–Kier alpha value is -2.76. The Morgan fingerprint density at radius 3 is 2.33 bits per heavy atom. The van der Waals surface area contributed by atoms with E-state index in [0.717, 1.165) is 21.6 Å². The van der Waals surface area contributed by atoms with Gasteiger partial charge in [0.25, 0.3) is 0 Å². The number of aryl methyl sites for hydroxylation is 1. The number of halogens is 1. The SMILES string of the molecule is CCNC(=O)[C@@H](Cc1ccccc1)N(Cc1cccc(C)c1)C(=O)CSc1ccc(Cl)cc1. The number of amides is 2. The quantitative estimate of drug-likeness (QED) is 0.389. The van der Waals surface area contributed by atoms with Crippen LogP contribution in [0.4, 0.5) is 0 Å². The Morgan fingerprint density at radius 2 is 1.67 bits per heavy atom. The number of hydrogen-bond donors (Lipinski definition) is 1. The Kier molecular flexibility index (Phi) is 9.40. The van der Waals surface area contributed by atoms with E-state index in [1.54, 1.807) is 4.90 Å². The summed E-state index contributed by atoms with van der Waals surface area (Å²) in [7, 11) is 0. The van der Waals surface area contributed by atoms with Crippen molar-refractivity contribution in [2.24, 2.45) is 0 Å². The minimum absolute atomic E-state index is 0.0800. The van der Waals surface area contributed by atoms with Crippen molar-refractivity contribution in [1.82, 2.24) is 10.2 Å². The van der Waals surface area contributed by atoms with E-state index in [1.165, 1.54) is 11.8 Å². The van der Waals surface area contributed by atoms with Crippen LogP contribution in [0, 0.1) is 6.92 Å². The third-order valence-electron chi connectivity index (χ3n) is 5.23. The average molecular weight is 481 g/mol. The average Bonchev–Trinajstić information content (AvgIpc) is 2.81. The molecule has 0 radical (unpaired) electrons. The van der Waals surface area contributed by atoms with Crippen molar-refractivity contribution in [3.05, 3.63) is 101 Å². The van der Waals surface area contributed by atoms with Crippen LogP contribution in [-0.2, 0) is 22.6 Å². The summed E-state index contributed by atoms with van der Waals surface area (Å²) in [6.45, 7) is 4.80. The van der Waals surface area contributed by atoms with Crippen LogP contribution in [0.2, 0.25) is 5.02 Å². The van der Waals surface area contributed by atoms with Gasteiger partial charge in [-0.1, -0.05) is 71.8 Å². The van der Waals surface area contributed by atoms with Gasteiger partial charge in [0.2, 0.25) is 11.8 Å². The standard InChI is InChI=1S/C27H29ClN2O2S/c1-3-29-27(32)25(17-21-9-5-4-6-10-21)30(18-22-11-7-8-20(2)16-22)26(31)19-33-24-14-12-23(28)13-15-24/h4-16,25H,3,17-19H2,1-2H3,(H,29,32)/t25-/m1/s1. The summed E-state index contributed by atoms with van der Waals surface area (Å²) in [6, 6.07) is 24.7. The van der Waals surface area contributed by atoms with E-state index in [1.807, 2.05) is 86.6 Å². The number of nitrogens with zero attached hydrogens (tertiary/aromatic N) is 1. The Morgan fingerprint density at radius 1 is 0.970 bits per heavy atom. The predicted octanol–water partition coefficient (Wildman–Crippen LogP) is 5.52. The summed E-state index contributed by atoms with van der Waals surface area (Å²) in [6.07, 6.45) is 0.454. The molecule has 172 valence electrons. The number of rotatable bonds is 10. The zero-order chi connectivity index (χ0) is 23.6. The smallest absolute Gasteiger partial charge is 0.243 e. The Bertz CT molecular complexity index is 1060. The molecule has 6 heteroatoms. The molecule has 0 aliphatic carbocycles. The van der Waals surface area contributed by atoms with Gasteiger partial charge in [0.1, 0.15) is 6.04 Å². The van der Waals surface area contributed by atoms with Crippen LogP contribution < -0.4 is 5.32 Å². The van der Waals surface area contributed by atoms with Crippen molar-refractivity contribution in [3.63, 3.8) is 0 Å². The number of benzene rings is 3. The van der Waals surface area contributed by atoms with E-state index in [9.17, 15) is 9.59 Å². The zero-order valence-electron chi connectivity index (χ0n) is 19.0. The maximum atomic E-state index is 13.5. The number of nitrogens with one attached hydrogen (secondary N) is 1. The minimum Gasteiger partial charge on any atom is -0.355 e. The van der Waals surface area contributed by atoms with Gasteiger partial charge < -0.3 is 10.2 Å². The fourth-order valence-electron chi connectivity index (χ4n) is 3.61. The van der Waals surface area contributed by atoms with Crippen molar-refractivity contribution in [3.8, 4) is 0 Å². The molecule has 4 nitrogen and oxygen atoms in total. The van der Waals surface area contributed by atoms with Crippen molar-refractivity contribution in [2.45, 2.75) is 37.8 Å². The van der Waals surface area contributed by atoms with Crippen LogP contribution in [0.5, 0.6) is 0 Å². The molecule has 3 aromatic carbocycles. The van der Waals surface area contributed by atoms with Crippen LogP contribution in [-0.4, -0.2) is 35.1 Å². The van der Waals surface area contributed by atoms with Crippen molar-refractivity contribution < 1.29 is 9.59 Å². The highest BCUT2D eigenvalue weighted by atomic mass is 35.5. The number of hydrogen-bond acceptors (Lipinski definition) is 3. The predicted molar refractivity (Wildman–Crippen MR) is 137 cm³/mol. The van der Waals surface area contributed by atoms with Crippen LogP contribution in [0.15, 0.2) is 83.8 Å². The highest BCUT2D eigenvalue weighted by molar-refractivity contribution is 8.00. The normalized spacial score (nSPS) is 11.6. The molecular formula is C27H29ClN2O2S. The lowest BCUT2D eigenvalue weighted by Gasteiger charge is -2.31. The Labute approximate surface area is 205 Å². The summed E-state index contributed by atoms with van der Waals surface area (Å²) in [5, 5.41) is 3.58. The van der Waals surface area contributed by atoms with E-state index in [2.05, 4.69) is 11.4 Å². The number of carbonyl (C=O) groups excluding carboxylic acids is 2. The summed E-state index contributed by atoms with van der Waals surface area (Å²) >= 11 is 7.43. The van der Waals surface area contributed by atoms with Gasteiger partial charge in [-0.25, -0.2) is 0 Å². The second-order valence-electron chi connectivity index (χ2n) is 7.85.